The summed E-state index contributed by atoms with van der Waals surface area (Å²) in [6, 6.07) is 0.761. The van der Waals surface area contributed by atoms with Crippen LogP contribution in [0.3, 0.4) is 0 Å². The summed E-state index contributed by atoms with van der Waals surface area (Å²) in [6.45, 7) is 0. The minimum absolute atomic E-state index is 0.0216. The molecule has 0 atom stereocenters. The van der Waals surface area contributed by atoms with Crippen LogP contribution in [0.4, 0.5) is 10.6 Å². The molecule has 20 heavy (non-hydrogen) atoms. The summed E-state index contributed by atoms with van der Waals surface area (Å²) >= 11 is 0. The Hall–Kier alpha value is -2.03. The number of nitrogens with one attached hydrogen (secondary N) is 1. The summed E-state index contributed by atoms with van der Waals surface area (Å²) in [4.78, 5) is 32.6. The second-order valence-electron chi connectivity index (χ2n) is 4.98. The van der Waals surface area contributed by atoms with E-state index in [0.717, 1.165) is 17.6 Å². The third-order valence-electron chi connectivity index (χ3n) is 3.55. The third kappa shape index (κ3) is 1.77. The Balaban J connectivity index is 2.01. The van der Waals surface area contributed by atoms with E-state index in [1.165, 1.54) is 12.3 Å². The van der Waals surface area contributed by atoms with Gasteiger partial charge in [0.15, 0.2) is 0 Å². The lowest BCUT2D eigenvalue weighted by atomic mass is 9.77. The molecule has 106 valence electrons. The Bertz CT molecular complexity index is 711. The van der Waals surface area contributed by atoms with E-state index in [4.69, 9.17) is 0 Å². The number of hydrogen-bond acceptors (Lipinski definition) is 6. The SMILES string of the molecule is CS(=O)(=O)c1nccc(N2C(=O)NC3(CCC3)C2=O)n1. The van der Waals surface area contributed by atoms with Crippen LogP contribution in [-0.4, -0.2) is 42.1 Å². The molecule has 1 saturated carbocycles. The molecular formula is C11H12N4O4S. The van der Waals surface area contributed by atoms with Crippen molar-refractivity contribution in [2.75, 3.05) is 11.2 Å². The van der Waals surface area contributed by atoms with E-state index in [1.807, 2.05) is 0 Å². The molecule has 0 aromatic carbocycles. The second-order valence-corrected chi connectivity index (χ2v) is 6.89. The zero-order chi connectivity index (χ0) is 14.5. The number of hydrogen-bond donors (Lipinski definition) is 1. The van der Waals surface area contributed by atoms with E-state index in [9.17, 15) is 18.0 Å². The predicted octanol–water partition coefficient (Wildman–Crippen LogP) is -0.141. The van der Waals surface area contributed by atoms with Crippen LogP contribution in [0, 0.1) is 0 Å². The number of carbonyl (C=O) groups is 2. The van der Waals surface area contributed by atoms with E-state index in [-0.39, 0.29) is 11.7 Å². The number of rotatable bonds is 2. The van der Waals surface area contributed by atoms with Gasteiger partial charge in [-0.05, 0) is 19.3 Å². The lowest BCUT2D eigenvalue weighted by Gasteiger charge is -2.34. The number of urea groups is 1. The van der Waals surface area contributed by atoms with Gasteiger partial charge in [0.2, 0.25) is 15.0 Å². The quantitative estimate of drug-likeness (QED) is 0.601. The molecule has 0 bridgehead atoms. The summed E-state index contributed by atoms with van der Waals surface area (Å²) in [5.74, 6) is -0.404. The highest BCUT2D eigenvalue weighted by atomic mass is 32.2. The molecule has 3 amide bonds. The highest BCUT2D eigenvalue weighted by Crippen LogP contribution is 2.38. The van der Waals surface area contributed by atoms with Crippen molar-refractivity contribution in [1.82, 2.24) is 15.3 Å². The molecule has 0 radical (unpaired) electrons. The molecule has 8 nitrogen and oxygen atoms in total. The van der Waals surface area contributed by atoms with Crippen molar-refractivity contribution in [2.45, 2.75) is 30.0 Å². The maximum Gasteiger partial charge on any atom is 0.330 e. The standard InChI is InChI=1S/C11H12N4O4S/c1-20(18,19)9-12-6-3-7(13-9)15-8(16)11(4-2-5-11)14-10(15)17/h3,6H,2,4-5H2,1H3,(H,14,17). The normalized spacial score (nSPS) is 20.9. The highest BCUT2D eigenvalue weighted by molar-refractivity contribution is 7.90. The topological polar surface area (TPSA) is 109 Å². The summed E-state index contributed by atoms with van der Waals surface area (Å²) in [5, 5.41) is 2.24. The largest absolute Gasteiger partial charge is 0.330 e. The first-order valence-corrected chi connectivity index (χ1v) is 7.92. The Kier molecular flexibility index (Phi) is 2.58. The molecule has 9 heteroatoms. The van der Waals surface area contributed by atoms with Gasteiger partial charge in [-0.25, -0.2) is 23.1 Å². The van der Waals surface area contributed by atoms with E-state index < -0.39 is 26.6 Å². The molecule has 1 N–H and O–H groups in total. The molecule has 3 rings (SSSR count). The van der Waals surface area contributed by atoms with Crippen molar-refractivity contribution >= 4 is 27.6 Å². The summed E-state index contributed by atoms with van der Waals surface area (Å²) in [5.41, 5.74) is -0.826. The molecule has 1 aliphatic heterocycles. The van der Waals surface area contributed by atoms with Crippen LogP contribution in [-0.2, 0) is 14.6 Å². The van der Waals surface area contributed by atoms with Crippen LogP contribution in [0.2, 0.25) is 0 Å². The van der Waals surface area contributed by atoms with Gasteiger partial charge in [-0.3, -0.25) is 4.79 Å². The van der Waals surface area contributed by atoms with Gasteiger partial charge in [-0.15, -0.1) is 0 Å². The van der Waals surface area contributed by atoms with Gasteiger partial charge < -0.3 is 5.32 Å². The summed E-state index contributed by atoms with van der Waals surface area (Å²) in [6.07, 6.45) is 4.24. The minimum atomic E-state index is -3.60. The van der Waals surface area contributed by atoms with Crippen LogP contribution in [0.15, 0.2) is 17.4 Å². The maximum absolute atomic E-state index is 12.3. The number of sulfone groups is 1. The van der Waals surface area contributed by atoms with Crippen molar-refractivity contribution in [3.05, 3.63) is 12.3 Å². The smallest absolute Gasteiger partial charge is 0.323 e. The summed E-state index contributed by atoms with van der Waals surface area (Å²) in [7, 11) is -3.60. The molecule has 2 fully saturated rings. The van der Waals surface area contributed by atoms with Crippen LogP contribution in [0.1, 0.15) is 19.3 Å². The van der Waals surface area contributed by atoms with E-state index in [0.29, 0.717) is 12.8 Å². The average molecular weight is 296 g/mol. The van der Waals surface area contributed by atoms with Crippen LogP contribution < -0.4 is 10.2 Å². The van der Waals surface area contributed by atoms with Gasteiger partial charge in [0.1, 0.15) is 11.4 Å². The number of nitrogens with zero attached hydrogens (tertiary/aromatic N) is 3. The van der Waals surface area contributed by atoms with Gasteiger partial charge in [0.25, 0.3) is 5.91 Å². The monoisotopic (exact) mass is 296 g/mol. The predicted molar refractivity (Wildman–Crippen MR) is 67.7 cm³/mol. The fraction of sp³-hybridized carbons (Fsp3) is 0.455. The Morgan fingerprint density at radius 2 is 2.05 bits per heavy atom. The molecule has 0 unspecified atom stereocenters. The fourth-order valence-corrected chi connectivity index (χ4v) is 2.84. The molecule has 1 spiro atoms. The van der Waals surface area contributed by atoms with Gasteiger partial charge >= 0.3 is 6.03 Å². The Labute approximate surface area is 115 Å². The molecule has 1 aliphatic carbocycles. The van der Waals surface area contributed by atoms with Gasteiger partial charge in [0.05, 0.1) is 0 Å². The van der Waals surface area contributed by atoms with Gasteiger partial charge in [-0.2, -0.15) is 4.98 Å². The van der Waals surface area contributed by atoms with Crippen molar-refractivity contribution in [2.24, 2.45) is 0 Å². The van der Waals surface area contributed by atoms with E-state index >= 15 is 0 Å². The number of imide groups is 1. The number of carbonyl (C=O) groups excluding carboxylic acids is 2. The first-order valence-electron chi connectivity index (χ1n) is 6.03. The first kappa shape index (κ1) is 13.0. The van der Waals surface area contributed by atoms with E-state index in [1.54, 1.807) is 0 Å². The summed E-state index contributed by atoms with van der Waals surface area (Å²) < 4.78 is 22.9. The number of anilines is 1. The maximum atomic E-state index is 12.3. The van der Waals surface area contributed by atoms with Gasteiger partial charge in [-0.1, -0.05) is 0 Å². The minimum Gasteiger partial charge on any atom is -0.323 e. The highest BCUT2D eigenvalue weighted by Gasteiger charge is 2.55. The van der Waals surface area contributed by atoms with E-state index in [2.05, 4.69) is 15.3 Å². The van der Waals surface area contributed by atoms with Crippen molar-refractivity contribution in [3.63, 3.8) is 0 Å². The molecule has 2 aliphatic rings. The zero-order valence-corrected chi connectivity index (χ0v) is 11.5. The van der Waals surface area contributed by atoms with Crippen LogP contribution in [0.25, 0.3) is 0 Å². The van der Waals surface area contributed by atoms with Gasteiger partial charge in [0, 0.05) is 18.5 Å². The lowest BCUT2D eigenvalue weighted by molar-refractivity contribution is -0.124. The Morgan fingerprint density at radius 3 is 2.55 bits per heavy atom. The lowest BCUT2D eigenvalue weighted by Crippen LogP contribution is -2.52. The first-order chi connectivity index (χ1) is 9.33. The third-order valence-corrected chi connectivity index (χ3v) is 4.41. The van der Waals surface area contributed by atoms with Crippen LogP contribution >= 0.6 is 0 Å². The molecule has 1 aromatic heterocycles. The zero-order valence-electron chi connectivity index (χ0n) is 10.7. The fourth-order valence-electron chi connectivity index (χ4n) is 2.33. The molecule has 1 aromatic rings. The van der Waals surface area contributed by atoms with Crippen LogP contribution in [0.5, 0.6) is 0 Å². The molecule has 2 heterocycles. The van der Waals surface area contributed by atoms with Crippen molar-refractivity contribution in [3.8, 4) is 0 Å². The average Bonchev–Trinajstić information content (AvgIpc) is 2.60. The van der Waals surface area contributed by atoms with Crippen molar-refractivity contribution < 1.29 is 18.0 Å². The Morgan fingerprint density at radius 1 is 1.35 bits per heavy atom. The van der Waals surface area contributed by atoms with Crippen molar-refractivity contribution in [1.29, 1.82) is 0 Å². The number of aromatic nitrogens is 2. The second kappa shape index (κ2) is 3.98. The molecule has 1 saturated heterocycles. The number of amides is 3. The molecular weight excluding hydrogens is 284 g/mol.